The summed E-state index contributed by atoms with van der Waals surface area (Å²) in [6, 6.07) is 19.5. The third kappa shape index (κ3) is 4.43. The number of unbranched alkanes of at least 4 members (excludes halogenated alkanes) is 1. The Labute approximate surface area is 158 Å². The molecule has 0 fully saturated rings. The van der Waals surface area contributed by atoms with Gasteiger partial charge in [0, 0.05) is 17.8 Å². The zero-order valence-electron chi connectivity index (χ0n) is 14.8. The molecule has 0 saturated heterocycles. The number of rotatable bonds is 7. The smallest absolute Gasteiger partial charge is 0.256 e. The van der Waals surface area contributed by atoms with Crippen LogP contribution in [0.5, 0.6) is 0 Å². The molecule has 3 rings (SSSR count). The van der Waals surface area contributed by atoms with Crippen molar-refractivity contribution in [1.82, 2.24) is 0 Å². The van der Waals surface area contributed by atoms with Crippen molar-refractivity contribution in [1.29, 1.82) is 0 Å². The molecule has 1 amide bonds. The Morgan fingerprint density at radius 2 is 1.88 bits per heavy atom. The molecule has 0 saturated carbocycles. The second-order valence-electron chi connectivity index (χ2n) is 6.06. The van der Waals surface area contributed by atoms with Crippen LogP contribution in [0.3, 0.4) is 0 Å². The first-order valence-electron chi connectivity index (χ1n) is 8.77. The Kier molecular flexibility index (Phi) is 5.92. The van der Waals surface area contributed by atoms with E-state index in [2.05, 4.69) is 17.6 Å². The molecule has 0 bridgehead atoms. The fourth-order valence-electron chi connectivity index (χ4n) is 2.72. The molecule has 0 aliphatic rings. The minimum absolute atomic E-state index is 0.134. The summed E-state index contributed by atoms with van der Waals surface area (Å²) in [5, 5.41) is 7.80. The van der Waals surface area contributed by atoms with Crippen molar-refractivity contribution in [2.45, 2.75) is 19.8 Å². The van der Waals surface area contributed by atoms with E-state index in [0.717, 1.165) is 41.2 Å². The van der Waals surface area contributed by atoms with E-state index < -0.39 is 0 Å². The van der Waals surface area contributed by atoms with Gasteiger partial charge >= 0.3 is 0 Å². The highest BCUT2D eigenvalue weighted by Gasteiger charge is 2.14. The molecule has 5 heteroatoms. The van der Waals surface area contributed by atoms with Crippen molar-refractivity contribution in [3.05, 3.63) is 66.2 Å². The summed E-state index contributed by atoms with van der Waals surface area (Å²) in [5.74, 6) is -0.134. The third-order valence-corrected chi connectivity index (χ3v) is 4.90. The van der Waals surface area contributed by atoms with Gasteiger partial charge in [-0.05, 0) is 47.9 Å². The van der Waals surface area contributed by atoms with Crippen LogP contribution in [0.15, 0.2) is 60.7 Å². The number of hydrogen-bond donors (Lipinski definition) is 3. The summed E-state index contributed by atoms with van der Waals surface area (Å²) >= 11 is 1.36. The fourth-order valence-corrected chi connectivity index (χ4v) is 3.39. The molecule has 0 atom stereocenters. The summed E-state index contributed by atoms with van der Waals surface area (Å²) in [6.45, 7) is 3.09. The summed E-state index contributed by atoms with van der Waals surface area (Å²) in [5.41, 5.74) is 9.34. The lowest BCUT2D eigenvalue weighted by atomic mass is 9.98. The van der Waals surface area contributed by atoms with Crippen LogP contribution in [-0.4, -0.2) is 12.5 Å². The maximum absolute atomic E-state index is 12.8. The first-order chi connectivity index (χ1) is 12.7. The Hall–Kier alpha value is -2.79. The second kappa shape index (κ2) is 8.54. The number of nitrogens with two attached hydrogens (primary N) is 1. The quantitative estimate of drug-likeness (QED) is 0.487. The molecule has 0 spiro atoms. The number of nitrogen functional groups attached to an aromatic ring is 1. The Morgan fingerprint density at radius 1 is 1.08 bits per heavy atom. The Balaban J connectivity index is 1.91. The molecule has 1 heterocycles. The van der Waals surface area contributed by atoms with Crippen LogP contribution >= 0.6 is 11.3 Å². The van der Waals surface area contributed by atoms with E-state index in [1.807, 2.05) is 54.6 Å². The van der Waals surface area contributed by atoms with Gasteiger partial charge in [0.15, 0.2) is 0 Å². The molecule has 1 aromatic heterocycles. The first-order valence-corrected chi connectivity index (χ1v) is 9.59. The van der Waals surface area contributed by atoms with E-state index >= 15 is 0 Å². The average molecular weight is 366 g/mol. The van der Waals surface area contributed by atoms with Gasteiger partial charge in [-0.3, -0.25) is 4.79 Å². The van der Waals surface area contributed by atoms with Gasteiger partial charge in [-0.1, -0.05) is 43.7 Å². The predicted molar refractivity (Wildman–Crippen MR) is 112 cm³/mol. The van der Waals surface area contributed by atoms with Crippen molar-refractivity contribution in [3.63, 3.8) is 0 Å². The average Bonchev–Trinajstić information content (AvgIpc) is 3.07. The number of hydrogen-bond acceptors (Lipinski definition) is 4. The molecule has 134 valence electrons. The largest absolute Gasteiger partial charge is 0.391 e. The highest BCUT2D eigenvalue weighted by molar-refractivity contribution is 7.19. The topological polar surface area (TPSA) is 67.2 Å². The highest BCUT2D eigenvalue weighted by Crippen LogP contribution is 2.29. The summed E-state index contributed by atoms with van der Waals surface area (Å²) < 4.78 is 0. The number of anilines is 3. The lowest BCUT2D eigenvalue weighted by Gasteiger charge is -2.13. The van der Waals surface area contributed by atoms with Gasteiger partial charge in [-0.15, -0.1) is 11.3 Å². The van der Waals surface area contributed by atoms with Crippen molar-refractivity contribution in [3.8, 4) is 11.1 Å². The van der Waals surface area contributed by atoms with E-state index in [4.69, 9.17) is 5.73 Å². The summed E-state index contributed by atoms with van der Waals surface area (Å²) in [4.78, 5) is 12.8. The maximum Gasteiger partial charge on any atom is 0.256 e. The van der Waals surface area contributed by atoms with Gasteiger partial charge in [0.25, 0.3) is 5.91 Å². The van der Waals surface area contributed by atoms with Gasteiger partial charge in [0.2, 0.25) is 0 Å². The van der Waals surface area contributed by atoms with E-state index in [0.29, 0.717) is 10.6 Å². The normalized spacial score (nSPS) is 10.5. The number of carbonyl (C=O) groups is 1. The van der Waals surface area contributed by atoms with Gasteiger partial charge in [-0.25, -0.2) is 0 Å². The van der Waals surface area contributed by atoms with Gasteiger partial charge < -0.3 is 16.4 Å². The Morgan fingerprint density at radius 3 is 2.58 bits per heavy atom. The third-order valence-electron chi connectivity index (χ3n) is 4.07. The molecule has 4 N–H and O–H groups in total. The number of benzene rings is 2. The number of nitrogens with one attached hydrogen (secondary N) is 2. The second-order valence-corrected chi connectivity index (χ2v) is 7.18. The zero-order chi connectivity index (χ0) is 18.4. The lowest BCUT2D eigenvalue weighted by molar-refractivity contribution is 0.102. The molecule has 0 radical (unpaired) electrons. The Bertz CT molecular complexity index is 874. The van der Waals surface area contributed by atoms with Crippen LogP contribution in [0.1, 0.15) is 30.1 Å². The number of amides is 1. The molecular formula is C21H23N3OS. The first kappa shape index (κ1) is 18.0. The van der Waals surface area contributed by atoms with E-state index in [-0.39, 0.29) is 5.91 Å². The van der Waals surface area contributed by atoms with Crippen LogP contribution in [0.2, 0.25) is 0 Å². The molecule has 0 aliphatic heterocycles. The highest BCUT2D eigenvalue weighted by atomic mass is 32.1. The SMILES string of the molecule is CCCCNc1ccc(C(=O)Nc2ccc(N)s2)c(-c2ccccc2)c1. The van der Waals surface area contributed by atoms with E-state index in [1.165, 1.54) is 11.3 Å². The van der Waals surface area contributed by atoms with Crippen molar-refractivity contribution >= 4 is 32.9 Å². The fraction of sp³-hybridized carbons (Fsp3) is 0.190. The van der Waals surface area contributed by atoms with Crippen molar-refractivity contribution in [2.75, 3.05) is 22.9 Å². The predicted octanol–water partition coefficient (Wildman–Crippen LogP) is 5.46. The molecule has 4 nitrogen and oxygen atoms in total. The number of carbonyl (C=O) groups excluding carboxylic acids is 1. The zero-order valence-corrected chi connectivity index (χ0v) is 15.6. The minimum atomic E-state index is -0.134. The van der Waals surface area contributed by atoms with Crippen molar-refractivity contribution < 1.29 is 4.79 Å². The maximum atomic E-state index is 12.8. The molecular weight excluding hydrogens is 342 g/mol. The van der Waals surface area contributed by atoms with Crippen LogP contribution in [0.25, 0.3) is 11.1 Å². The van der Waals surface area contributed by atoms with E-state index in [9.17, 15) is 4.79 Å². The molecule has 26 heavy (non-hydrogen) atoms. The number of thiophene rings is 1. The molecule has 2 aromatic carbocycles. The lowest BCUT2D eigenvalue weighted by Crippen LogP contribution is -2.13. The minimum Gasteiger partial charge on any atom is -0.391 e. The monoisotopic (exact) mass is 365 g/mol. The molecule has 0 aliphatic carbocycles. The van der Waals surface area contributed by atoms with Crippen molar-refractivity contribution in [2.24, 2.45) is 0 Å². The van der Waals surface area contributed by atoms with Gasteiger partial charge in [0.1, 0.15) is 0 Å². The molecule has 0 unspecified atom stereocenters. The summed E-state index contributed by atoms with van der Waals surface area (Å²) in [6.07, 6.45) is 2.26. The van der Waals surface area contributed by atoms with E-state index in [1.54, 1.807) is 6.07 Å². The van der Waals surface area contributed by atoms with Crippen LogP contribution < -0.4 is 16.4 Å². The summed E-state index contributed by atoms with van der Waals surface area (Å²) in [7, 11) is 0. The van der Waals surface area contributed by atoms with Crippen LogP contribution in [0.4, 0.5) is 15.7 Å². The van der Waals surface area contributed by atoms with Gasteiger partial charge in [-0.2, -0.15) is 0 Å². The standard InChI is InChI=1S/C21H23N3OS/c1-2-3-13-23-16-9-10-17(18(14-16)15-7-5-4-6-8-15)21(25)24-20-12-11-19(22)26-20/h4-12,14,23H,2-3,13,22H2,1H3,(H,24,25). The van der Waals surface area contributed by atoms with Crippen LogP contribution in [-0.2, 0) is 0 Å². The van der Waals surface area contributed by atoms with Gasteiger partial charge in [0.05, 0.1) is 10.0 Å². The van der Waals surface area contributed by atoms with Crippen LogP contribution in [0, 0.1) is 0 Å². The molecule has 3 aromatic rings.